The summed E-state index contributed by atoms with van der Waals surface area (Å²) in [4.78, 5) is 16.3. The predicted molar refractivity (Wildman–Crippen MR) is 56.4 cm³/mol. The van der Waals surface area contributed by atoms with Gasteiger partial charge in [-0.25, -0.2) is 0 Å². The van der Waals surface area contributed by atoms with E-state index < -0.39 is 11.9 Å². The van der Waals surface area contributed by atoms with Crippen molar-refractivity contribution in [3.8, 4) is 0 Å². The molecule has 5 heteroatoms. The summed E-state index contributed by atoms with van der Waals surface area (Å²) < 4.78 is 0. The fourth-order valence-electron chi connectivity index (χ4n) is 1.62. The van der Waals surface area contributed by atoms with Gasteiger partial charge in [0, 0.05) is 0 Å². The number of unbranched alkanes of at least 4 members (excludes halogenated alkanes) is 1. The van der Waals surface area contributed by atoms with Gasteiger partial charge in [-0.1, -0.05) is 13.3 Å². The number of carbonyl (C=O) groups is 1. The molecule has 0 radical (unpaired) electrons. The number of carboxylic acids is 1. The lowest BCUT2D eigenvalue weighted by molar-refractivity contribution is -0.185. The number of aliphatic carboxylic acids is 1. The van der Waals surface area contributed by atoms with Crippen molar-refractivity contribution >= 4 is 11.7 Å². The fraction of sp³-hybridized carbons (Fsp3) is 0.800. The molecule has 1 N–H and O–H groups in total. The van der Waals surface area contributed by atoms with Crippen LogP contribution < -0.4 is 0 Å². The molecule has 15 heavy (non-hydrogen) atoms. The zero-order valence-electron chi connectivity index (χ0n) is 9.43. The van der Waals surface area contributed by atoms with E-state index in [1.807, 2.05) is 6.92 Å². The van der Waals surface area contributed by atoms with Crippen molar-refractivity contribution in [3.05, 3.63) is 0 Å². The van der Waals surface area contributed by atoms with Gasteiger partial charge in [-0.2, -0.15) is 10.3 Å². The Morgan fingerprint density at radius 2 is 2.33 bits per heavy atom. The van der Waals surface area contributed by atoms with Crippen LogP contribution in [-0.2, 0) is 9.63 Å². The van der Waals surface area contributed by atoms with Crippen molar-refractivity contribution in [3.63, 3.8) is 0 Å². The Balaban J connectivity index is 2.52. The molecule has 1 aliphatic heterocycles. The predicted octanol–water partition coefficient (Wildman–Crippen LogP) is 1.50. The molecule has 1 aliphatic rings. The second kappa shape index (κ2) is 5.11. The van der Waals surface area contributed by atoms with Gasteiger partial charge in [0.25, 0.3) is 0 Å². The largest absolute Gasteiger partial charge is 0.481 e. The number of hydrogen-bond donors (Lipinski definition) is 1. The Morgan fingerprint density at radius 3 is 2.80 bits per heavy atom. The van der Waals surface area contributed by atoms with Crippen LogP contribution in [0, 0.1) is 5.92 Å². The van der Waals surface area contributed by atoms with Crippen LogP contribution in [0.4, 0.5) is 0 Å². The molecule has 1 rings (SSSR count). The van der Waals surface area contributed by atoms with Crippen LogP contribution in [0.15, 0.2) is 5.10 Å². The summed E-state index contributed by atoms with van der Waals surface area (Å²) in [5.41, 5.74) is 0.603. The van der Waals surface area contributed by atoms with Crippen LogP contribution in [0.3, 0.4) is 0 Å². The zero-order valence-corrected chi connectivity index (χ0v) is 9.43. The molecule has 0 fully saturated rings. The van der Waals surface area contributed by atoms with E-state index in [0.717, 1.165) is 12.8 Å². The van der Waals surface area contributed by atoms with Crippen LogP contribution in [0.5, 0.6) is 0 Å². The molecule has 0 saturated carbocycles. The lowest BCUT2D eigenvalue weighted by Crippen LogP contribution is -2.35. The van der Waals surface area contributed by atoms with Crippen LogP contribution >= 0.6 is 0 Å². The Labute approximate surface area is 89.7 Å². The van der Waals surface area contributed by atoms with E-state index in [0.29, 0.717) is 12.3 Å². The quantitative estimate of drug-likeness (QED) is 0.704. The molecular formula is C10H18N2O3. The van der Waals surface area contributed by atoms with E-state index in [1.54, 1.807) is 6.92 Å². The summed E-state index contributed by atoms with van der Waals surface area (Å²) in [6, 6.07) is -0.223. The van der Waals surface area contributed by atoms with Crippen molar-refractivity contribution in [2.45, 2.75) is 39.7 Å². The van der Waals surface area contributed by atoms with E-state index in [9.17, 15) is 4.79 Å². The molecule has 0 aliphatic carbocycles. The second-order valence-corrected chi connectivity index (χ2v) is 3.79. The molecule has 5 nitrogen and oxygen atoms in total. The standard InChI is InChI=1S/C10H18N2O3/c1-4-5-6-15-12-8(3)9(10(13)14)7(2)11-12/h8-9H,4-6H2,1-3H3,(H,13,14). The molecule has 0 spiro atoms. The molecule has 2 unspecified atom stereocenters. The average molecular weight is 214 g/mol. The third kappa shape index (κ3) is 2.68. The zero-order chi connectivity index (χ0) is 11.4. The van der Waals surface area contributed by atoms with Crippen LogP contribution in [-0.4, -0.2) is 34.6 Å². The van der Waals surface area contributed by atoms with E-state index in [2.05, 4.69) is 12.0 Å². The van der Waals surface area contributed by atoms with Crippen molar-refractivity contribution in [2.75, 3.05) is 6.61 Å². The van der Waals surface area contributed by atoms with Gasteiger partial charge in [0.2, 0.25) is 0 Å². The highest BCUT2D eigenvalue weighted by atomic mass is 16.7. The maximum Gasteiger partial charge on any atom is 0.314 e. The van der Waals surface area contributed by atoms with Crippen molar-refractivity contribution in [1.82, 2.24) is 5.17 Å². The van der Waals surface area contributed by atoms with Gasteiger partial charge in [-0.05, 0) is 20.3 Å². The van der Waals surface area contributed by atoms with E-state index >= 15 is 0 Å². The number of hydrazone groups is 1. The Morgan fingerprint density at radius 1 is 1.67 bits per heavy atom. The molecule has 0 saturated heterocycles. The van der Waals surface area contributed by atoms with Gasteiger partial charge in [-0.3, -0.25) is 9.63 Å². The number of hydrogen-bond acceptors (Lipinski definition) is 4. The third-order valence-electron chi connectivity index (χ3n) is 2.52. The van der Waals surface area contributed by atoms with Crippen LogP contribution in [0.2, 0.25) is 0 Å². The maximum absolute atomic E-state index is 10.9. The molecular weight excluding hydrogens is 196 g/mol. The molecule has 0 aromatic carbocycles. The molecule has 0 aromatic rings. The summed E-state index contributed by atoms with van der Waals surface area (Å²) in [7, 11) is 0. The maximum atomic E-state index is 10.9. The molecule has 1 heterocycles. The molecule has 2 atom stereocenters. The topological polar surface area (TPSA) is 62.1 Å². The summed E-state index contributed by atoms with van der Waals surface area (Å²) in [6.07, 6.45) is 2.00. The Bertz CT molecular complexity index is 265. The van der Waals surface area contributed by atoms with Crippen molar-refractivity contribution < 1.29 is 14.7 Å². The SMILES string of the molecule is CCCCON1N=C(C)C(C(=O)O)C1C. The first-order chi connectivity index (χ1) is 7.07. The minimum Gasteiger partial charge on any atom is -0.481 e. The summed E-state index contributed by atoms with van der Waals surface area (Å²) in [6.45, 7) is 6.19. The second-order valence-electron chi connectivity index (χ2n) is 3.79. The number of carboxylic acid groups (broad SMARTS) is 1. The number of rotatable bonds is 5. The van der Waals surface area contributed by atoms with Gasteiger partial charge >= 0.3 is 5.97 Å². The summed E-state index contributed by atoms with van der Waals surface area (Å²) >= 11 is 0. The lowest BCUT2D eigenvalue weighted by Gasteiger charge is -2.21. The third-order valence-corrected chi connectivity index (χ3v) is 2.52. The lowest BCUT2D eigenvalue weighted by atomic mass is 9.99. The summed E-state index contributed by atoms with van der Waals surface area (Å²) in [5, 5.41) is 14.5. The summed E-state index contributed by atoms with van der Waals surface area (Å²) in [5.74, 6) is -1.39. The van der Waals surface area contributed by atoms with Gasteiger partial charge in [0.1, 0.15) is 5.92 Å². The highest BCUT2D eigenvalue weighted by Crippen LogP contribution is 2.22. The van der Waals surface area contributed by atoms with E-state index in [-0.39, 0.29) is 6.04 Å². The van der Waals surface area contributed by atoms with E-state index in [1.165, 1.54) is 5.17 Å². The van der Waals surface area contributed by atoms with Crippen molar-refractivity contribution in [2.24, 2.45) is 11.0 Å². The van der Waals surface area contributed by atoms with E-state index in [4.69, 9.17) is 9.94 Å². The molecule has 0 amide bonds. The average Bonchev–Trinajstić information content (AvgIpc) is 2.42. The minimum atomic E-state index is -0.842. The first-order valence-corrected chi connectivity index (χ1v) is 5.28. The van der Waals surface area contributed by atoms with Crippen LogP contribution in [0.1, 0.15) is 33.6 Å². The van der Waals surface area contributed by atoms with Gasteiger partial charge in [0.05, 0.1) is 18.4 Å². The smallest absolute Gasteiger partial charge is 0.314 e. The first kappa shape index (κ1) is 12.0. The number of nitrogens with zero attached hydrogens (tertiary/aromatic N) is 2. The Kier molecular flexibility index (Phi) is 4.08. The molecule has 0 aromatic heterocycles. The fourth-order valence-corrected chi connectivity index (χ4v) is 1.62. The highest BCUT2D eigenvalue weighted by Gasteiger charge is 2.37. The first-order valence-electron chi connectivity index (χ1n) is 5.28. The monoisotopic (exact) mass is 214 g/mol. The normalized spacial score (nSPS) is 25.5. The molecule has 0 bridgehead atoms. The highest BCUT2D eigenvalue weighted by molar-refractivity contribution is 6.01. The minimum absolute atomic E-state index is 0.223. The van der Waals surface area contributed by atoms with Gasteiger partial charge < -0.3 is 5.11 Å². The van der Waals surface area contributed by atoms with Crippen molar-refractivity contribution in [1.29, 1.82) is 0 Å². The Hall–Kier alpha value is -1.10. The van der Waals surface area contributed by atoms with Crippen LogP contribution in [0.25, 0.3) is 0 Å². The molecule has 86 valence electrons. The van der Waals surface area contributed by atoms with Gasteiger partial charge in [0.15, 0.2) is 0 Å². The van der Waals surface area contributed by atoms with Gasteiger partial charge in [-0.15, -0.1) is 0 Å². The number of hydroxylamine groups is 1.